The molecule has 0 bridgehead atoms. The van der Waals surface area contributed by atoms with Gasteiger partial charge in [-0.05, 0) is 26.1 Å². The van der Waals surface area contributed by atoms with Crippen molar-refractivity contribution >= 4 is 11.0 Å². The third-order valence-corrected chi connectivity index (χ3v) is 3.66. The van der Waals surface area contributed by atoms with Crippen LogP contribution in [0.15, 0.2) is 34.9 Å². The van der Waals surface area contributed by atoms with Crippen molar-refractivity contribution in [1.82, 2.24) is 5.32 Å². The zero-order chi connectivity index (χ0) is 11.7. The normalized spacial score (nSPS) is 18.2. The molecule has 2 aromatic rings. The van der Waals surface area contributed by atoms with Gasteiger partial charge in [0.2, 0.25) is 0 Å². The molecule has 0 unspecified atom stereocenters. The molecule has 1 fully saturated rings. The highest BCUT2D eigenvalue weighted by molar-refractivity contribution is 5.82. The monoisotopic (exact) mass is 231 g/mol. The summed E-state index contributed by atoms with van der Waals surface area (Å²) in [5.41, 5.74) is 2.42. The van der Waals surface area contributed by atoms with Crippen LogP contribution in [-0.4, -0.2) is 26.8 Å². The second-order valence-electron chi connectivity index (χ2n) is 4.77. The van der Waals surface area contributed by atoms with Crippen LogP contribution >= 0.6 is 0 Å². The number of fused-ring (bicyclic) bond motifs is 1. The summed E-state index contributed by atoms with van der Waals surface area (Å²) in [6.45, 7) is 2.61. The van der Waals surface area contributed by atoms with Crippen LogP contribution in [0.5, 0.6) is 0 Å². The Morgan fingerprint density at radius 1 is 1.29 bits per heavy atom. The molecular formula is C14H17NO2. The van der Waals surface area contributed by atoms with E-state index in [1.807, 2.05) is 25.4 Å². The van der Waals surface area contributed by atoms with E-state index in [0.717, 1.165) is 31.8 Å². The van der Waals surface area contributed by atoms with E-state index >= 15 is 0 Å². The summed E-state index contributed by atoms with van der Waals surface area (Å²) in [7, 11) is 1.99. The molecule has 0 amide bonds. The van der Waals surface area contributed by atoms with Gasteiger partial charge in [0.25, 0.3) is 0 Å². The number of furan rings is 1. The fourth-order valence-corrected chi connectivity index (χ4v) is 2.54. The van der Waals surface area contributed by atoms with E-state index in [0.29, 0.717) is 0 Å². The molecule has 17 heavy (non-hydrogen) atoms. The minimum absolute atomic E-state index is 0.148. The van der Waals surface area contributed by atoms with E-state index in [1.165, 1.54) is 10.9 Å². The molecule has 0 radical (unpaired) electrons. The number of para-hydroxylation sites is 1. The van der Waals surface area contributed by atoms with Gasteiger partial charge in [-0.2, -0.15) is 0 Å². The molecular weight excluding hydrogens is 214 g/mol. The Morgan fingerprint density at radius 2 is 2.12 bits per heavy atom. The van der Waals surface area contributed by atoms with Gasteiger partial charge in [-0.3, -0.25) is 0 Å². The number of benzene rings is 1. The first-order valence-electron chi connectivity index (χ1n) is 6.05. The minimum Gasteiger partial charge on any atom is -0.464 e. The quantitative estimate of drug-likeness (QED) is 0.876. The average molecular weight is 231 g/mol. The van der Waals surface area contributed by atoms with Gasteiger partial charge >= 0.3 is 0 Å². The van der Waals surface area contributed by atoms with Crippen LogP contribution in [0.2, 0.25) is 0 Å². The van der Waals surface area contributed by atoms with Crippen LogP contribution in [0, 0.1) is 0 Å². The molecule has 1 N–H and O–H groups in total. The smallest absolute Gasteiger partial charge is 0.134 e. The molecule has 1 aliphatic rings. The molecule has 3 heteroatoms. The Labute approximate surface area is 101 Å². The lowest BCUT2D eigenvalue weighted by molar-refractivity contribution is -0.0634. The fourth-order valence-electron chi connectivity index (χ4n) is 2.54. The largest absolute Gasteiger partial charge is 0.464 e. The number of hydrogen-bond acceptors (Lipinski definition) is 3. The fraction of sp³-hybridized carbons (Fsp3) is 0.429. The average Bonchev–Trinajstić information content (AvgIpc) is 2.73. The van der Waals surface area contributed by atoms with E-state index in [4.69, 9.17) is 9.15 Å². The van der Waals surface area contributed by atoms with Crippen LogP contribution in [0.4, 0.5) is 0 Å². The van der Waals surface area contributed by atoms with Crippen molar-refractivity contribution in [2.24, 2.45) is 0 Å². The molecule has 1 aromatic heterocycles. The summed E-state index contributed by atoms with van der Waals surface area (Å²) in [6, 6.07) is 8.22. The molecule has 0 saturated carbocycles. The Morgan fingerprint density at radius 3 is 2.82 bits per heavy atom. The van der Waals surface area contributed by atoms with Gasteiger partial charge < -0.3 is 14.5 Å². The minimum atomic E-state index is 0.148. The lowest BCUT2D eigenvalue weighted by atomic mass is 9.76. The van der Waals surface area contributed by atoms with Gasteiger partial charge in [-0.1, -0.05) is 18.2 Å². The first-order valence-corrected chi connectivity index (χ1v) is 6.05. The van der Waals surface area contributed by atoms with E-state index in [1.54, 1.807) is 0 Å². The van der Waals surface area contributed by atoms with Gasteiger partial charge in [-0.25, -0.2) is 0 Å². The van der Waals surface area contributed by atoms with Gasteiger partial charge in [0.15, 0.2) is 0 Å². The molecule has 3 nitrogen and oxygen atoms in total. The number of ether oxygens (including phenoxy) is 1. The van der Waals surface area contributed by atoms with Crippen LogP contribution in [0.1, 0.15) is 12.0 Å². The lowest BCUT2D eigenvalue weighted by Crippen LogP contribution is -2.48. The van der Waals surface area contributed by atoms with Gasteiger partial charge in [0, 0.05) is 16.4 Å². The first-order chi connectivity index (χ1) is 8.36. The van der Waals surface area contributed by atoms with Crippen molar-refractivity contribution < 1.29 is 9.15 Å². The highest BCUT2D eigenvalue weighted by Crippen LogP contribution is 2.40. The van der Waals surface area contributed by atoms with Crippen LogP contribution < -0.4 is 5.32 Å². The van der Waals surface area contributed by atoms with Crippen LogP contribution in [0.25, 0.3) is 11.0 Å². The molecule has 0 atom stereocenters. The summed E-state index contributed by atoms with van der Waals surface area (Å²) >= 11 is 0. The van der Waals surface area contributed by atoms with E-state index in [2.05, 4.69) is 17.4 Å². The molecule has 1 aromatic carbocycles. The summed E-state index contributed by atoms with van der Waals surface area (Å²) in [5, 5.41) is 4.44. The Balaban J connectivity index is 2.01. The predicted octanol–water partition coefficient (Wildman–Crippen LogP) is 2.31. The first kappa shape index (κ1) is 10.8. The molecule has 2 heterocycles. The lowest BCUT2D eigenvalue weighted by Gasteiger charge is -2.41. The third-order valence-electron chi connectivity index (χ3n) is 3.66. The van der Waals surface area contributed by atoms with Crippen LogP contribution in [-0.2, 0) is 10.2 Å². The molecule has 90 valence electrons. The molecule has 1 aliphatic heterocycles. The van der Waals surface area contributed by atoms with Gasteiger partial charge in [0.1, 0.15) is 5.58 Å². The number of nitrogens with one attached hydrogen (secondary N) is 1. The maximum absolute atomic E-state index is 5.63. The number of hydrogen-bond donors (Lipinski definition) is 1. The second-order valence-corrected chi connectivity index (χ2v) is 4.77. The molecule has 0 spiro atoms. The summed E-state index contributed by atoms with van der Waals surface area (Å²) < 4.78 is 11.1. The van der Waals surface area contributed by atoms with Gasteiger partial charge in [-0.15, -0.1) is 0 Å². The summed E-state index contributed by atoms with van der Waals surface area (Å²) in [5.74, 6) is 0. The Bertz CT molecular complexity index is 514. The molecule has 0 aliphatic carbocycles. The Kier molecular flexibility index (Phi) is 2.65. The molecule has 3 rings (SSSR count). The van der Waals surface area contributed by atoms with Crippen molar-refractivity contribution in [3.05, 3.63) is 36.1 Å². The van der Waals surface area contributed by atoms with Crippen molar-refractivity contribution in [1.29, 1.82) is 0 Å². The highest BCUT2D eigenvalue weighted by atomic mass is 16.5. The maximum Gasteiger partial charge on any atom is 0.134 e. The predicted molar refractivity (Wildman–Crippen MR) is 67.3 cm³/mol. The highest BCUT2D eigenvalue weighted by Gasteiger charge is 2.41. The van der Waals surface area contributed by atoms with Crippen molar-refractivity contribution in [3.63, 3.8) is 0 Å². The molecule has 1 saturated heterocycles. The van der Waals surface area contributed by atoms with Crippen LogP contribution in [0.3, 0.4) is 0 Å². The zero-order valence-electron chi connectivity index (χ0n) is 10.0. The van der Waals surface area contributed by atoms with E-state index in [-0.39, 0.29) is 5.41 Å². The van der Waals surface area contributed by atoms with Gasteiger partial charge in [0.05, 0.1) is 19.5 Å². The van der Waals surface area contributed by atoms with E-state index in [9.17, 15) is 0 Å². The zero-order valence-corrected chi connectivity index (χ0v) is 10.0. The SMILES string of the molecule is CNCCC1(c2coc3ccccc23)COC1. The summed E-state index contributed by atoms with van der Waals surface area (Å²) in [4.78, 5) is 0. The third kappa shape index (κ3) is 1.66. The Hall–Kier alpha value is -1.32. The summed E-state index contributed by atoms with van der Waals surface area (Å²) in [6.07, 6.45) is 3.00. The van der Waals surface area contributed by atoms with E-state index < -0.39 is 0 Å². The second kappa shape index (κ2) is 4.17. The topological polar surface area (TPSA) is 34.4 Å². The van der Waals surface area contributed by atoms with Crippen molar-refractivity contribution in [3.8, 4) is 0 Å². The number of rotatable bonds is 4. The maximum atomic E-state index is 5.63. The van der Waals surface area contributed by atoms with Crippen molar-refractivity contribution in [2.45, 2.75) is 11.8 Å². The standard InChI is InChI=1S/C14H17NO2/c1-15-7-6-14(9-16-10-14)12-8-17-13-5-3-2-4-11(12)13/h2-5,8,15H,6-7,9-10H2,1H3. The van der Waals surface area contributed by atoms with Crippen molar-refractivity contribution in [2.75, 3.05) is 26.8 Å².